The molecule has 0 saturated carbocycles. The summed E-state index contributed by atoms with van der Waals surface area (Å²) in [6, 6.07) is 8.68. The van der Waals surface area contributed by atoms with Gasteiger partial charge in [-0.3, -0.25) is 4.79 Å². The number of methoxy groups -OCH3 is 2. The predicted octanol–water partition coefficient (Wildman–Crippen LogP) is 4.81. The minimum absolute atomic E-state index is 0.325. The summed E-state index contributed by atoms with van der Waals surface area (Å²) in [7, 11) is 3.00. The zero-order chi connectivity index (χ0) is 20.5. The Hall–Kier alpha value is -2.86. The molecule has 0 bridgehead atoms. The maximum Gasteiger partial charge on any atom is 0.248 e. The molecule has 2 aromatic carbocycles. The second-order valence-electron chi connectivity index (χ2n) is 5.58. The zero-order valence-electron chi connectivity index (χ0n) is 16.4. The van der Waals surface area contributed by atoms with Crippen molar-refractivity contribution < 1.29 is 23.7 Å². The van der Waals surface area contributed by atoms with Gasteiger partial charge in [0, 0.05) is 18.2 Å². The number of amides is 1. The molecule has 0 fully saturated rings. The first-order chi connectivity index (χ1) is 13.5. The molecule has 7 heteroatoms. The van der Waals surface area contributed by atoms with E-state index in [0.717, 1.165) is 5.56 Å². The molecule has 0 radical (unpaired) electrons. The molecule has 0 atom stereocenters. The molecule has 2 aromatic rings. The molecule has 0 aliphatic heterocycles. The van der Waals surface area contributed by atoms with Crippen molar-refractivity contribution in [2.75, 3.05) is 32.8 Å². The summed E-state index contributed by atoms with van der Waals surface area (Å²) in [5.41, 5.74) is 1.27. The van der Waals surface area contributed by atoms with Gasteiger partial charge in [0.15, 0.2) is 11.5 Å². The van der Waals surface area contributed by atoms with E-state index in [2.05, 4.69) is 5.32 Å². The van der Waals surface area contributed by atoms with Gasteiger partial charge in [-0.2, -0.15) is 0 Å². The van der Waals surface area contributed by atoms with E-state index in [1.807, 2.05) is 32.0 Å². The number of ether oxygens (including phenoxy) is 4. The summed E-state index contributed by atoms with van der Waals surface area (Å²) in [6.45, 7) is 4.88. The van der Waals surface area contributed by atoms with Gasteiger partial charge >= 0.3 is 0 Å². The monoisotopic (exact) mass is 405 g/mol. The van der Waals surface area contributed by atoms with E-state index in [9.17, 15) is 4.79 Å². The molecule has 0 aliphatic rings. The smallest absolute Gasteiger partial charge is 0.248 e. The average molecular weight is 406 g/mol. The van der Waals surface area contributed by atoms with E-state index in [1.54, 1.807) is 18.2 Å². The number of nitrogens with one attached hydrogen (secondary N) is 1. The van der Waals surface area contributed by atoms with Gasteiger partial charge in [-0.1, -0.05) is 17.7 Å². The van der Waals surface area contributed by atoms with E-state index < -0.39 is 0 Å². The number of halogens is 1. The minimum atomic E-state index is -0.325. The lowest BCUT2D eigenvalue weighted by Gasteiger charge is -2.12. The predicted molar refractivity (Wildman–Crippen MR) is 111 cm³/mol. The molecular weight excluding hydrogens is 382 g/mol. The highest BCUT2D eigenvalue weighted by molar-refractivity contribution is 6.32. The third kappa shape index (κ3) is 5.57. The summed E-state index contributed by atoms with van der Waals surface area (Å²) < 4.78 is 21.6. The maximum absolute atomic E-state index is 12.3. The first-order valence-electron chi connectivity index (χ1n) is 8.82. The first kappa shape index (κ1) is 21.4. The number of benzene rings is 2. The fourth-order valence-corrected chi connectivity index (χ4v) is 2.71. The Labute approximate surface area is 170 Å². The quantitative estimate of drug-likeness (QED) is 0.606. The Bertz CT molecular complexity index is 851. The third-order valence-electron chi connectivity index (χ3n) is 3.73. The van der Waals surface area contributed by atoms with E-state index in [0.29, 0.717) is 46.9 Å². The summed E-state index contributed by atoms with van der Waals surface area (Å²) in [6.07, 6.45) is 3.11. The Balaban J connectivity index is 2.17. The molecule has 0 spiro atoms. The van der Waals surface area contributed by atoms with Crippen LogP contribution >= 0.6 is 11.6 Å². The molecule has 0 aliphatic carbocycles. The van der Waals surface area contributed by atoms with Crippen molar-refractivity contribution in [3.05, 3.63) is 47.0 Å². The minimum Gasteiger partial charge on any atom is -0.495 e. The molecule has 6 nitrogen and oxygen atoms in total. The summed E-state index contributed by atoms with van der Waals surface area (Å²) >= 11 is 6.08. The highest BCUT2D eigenvalue weighted by Crippen LogP contribution is 2.36. The highest BCUT2D eigenvalue weighted by Gasteiger charge is 2.11. The van der Waals surface area contributed by atoms with Crippen molar-refractivity contribution >= 4 is 29.3 Å². The van der Waals surface area contributed by atoms with Crippen LogP contribution in [0.3, 0.4) is 0 Å². The SMILES string of the molecule is CCOc1ccc(C=CC(=O)Nc2cc(OC)c(Cl)cc2OC)cc1OCC. The van der Waals surface area contributed by atoms with Gasteiger partial charge in [0.25, 0.3) is 0 Å². The van der Waals surface area contributed by atoms with Crippen molar-refractivity contribution in [3.63, 3.8) is 0 Å². The average Bonchev–Trinajstić information content (AvgIpc) is 2.69. The summed E-state index contributed by atoms with van der Waals surface area (Å²) in [5, 5.41) is 3.15. The normalized spacial score (nSPS) is 10.6. The topological polar surface area (TPSA) is 66.0 Å². The van der Waals surface area contributed by atoms with Crippen LogP contribution in [0.15, 0.2) is 36.4 Å². The van der Waals surface area contributed by atoms with Crippen LogP contribution in [0.1, 0.15) is 19.4 Å². The fraction of sp³-hybridized carbons (Fsp3) is 0.286. The Kier molecular flexibility index (Phi) is 8.02. The van der Waals surface area contributed by atoms with Crippen LogP contribution in [0, 0.1) is 0 Å². The second-order valence-corrected chi connectivity index (χ2v) is 5.99. The number of rotatable bonds is 9. The Morgan fingerprint density at radius 1 is 0.964 bits per heavy atom. The molecule has 28 heavy (non-hydrogen) atoms. The van der Waals surface area contributed by atoms with Crippen LogP contribution in [0.5, 0.6) is 23.0 Å². The van der Waals surface area contributed by atoms with Crippen molar-refractivity contribution in [2.45, 2.75) is 13.8 Å². The third-order valence-corrected chi connectivity index (χ3v) is 4.02. The van der Waals surface area contributed by atoms with Crippen molar-refractivity contribution in [1.29, 1.82) is 0 Å². The van der Waals surface area contributed by atoms with Crippen LogP contribution in [-0.4, -0.2) is 33.3 Å². The van der Waals surface area contributed by atoms with Gasteiger partial charge in [-0.05, 0) is 37.6 Å². The van der Waals surface area contributed by atoms with E-state index in [1.165, 1.54) is 20.3 Å². The summed E-state index contributed by atoms with van der Waals surface area (Å²) in [5.74, 6) is 1.86. The van der Waals surface area contributed by atoms with Gasteiger partial charge in [-0.25, -0.2) is 0 Å². The van der Waals surface area contributed by atoms with Crippen molar-refractivity contribution in [1.82, 2.24) is 0 Å². The molecular formula is C21H24ClNO5. The highest BCUT2D eigenvalue weighted by atomic mass is 35.5. The van der Waals surface area contributed by atoms with Crippen LogP contribution < -0.4 is 24.3 Å². The number of carbonyl (C=O) groups excluding carboxylic acids is 1. The molecule has 1 amide bonds. The lowest BCUT2D eigenvalue weighted by Crippen LogP contribution is -2.09. The molecule has 0 aromatic heterocycles. The molecule has 0 saturated heterocycles. The Morgan fingerprint density at radius 3 is 2.29 bits per heavy atom. The number of carbonyl (C=O) groups is 1. The zero-order valence-corrected chi connectivity index (χ0v) is 17.1. The molecule has 0 heterocycles. The lowest BCUT2D eigenvalue weighted by molar-refractivity contribution is -0.111. The van der Waals surface area contributed by atoms with Crippen LogP contribution in [0.2, 0.25) is 5.02 Å². The molecule has 1 N–H and O–H groups in total. The van der Waals surface area contributed by atoms with Crippen LogP contribution in [0.25, 0.3) is 6.08 Å². The van der Waals surface area contributed by atoms with Crippen molar-refractivity contribution in [3.8, 4) is 23.0 Å². The maximum atomic E-state index is 12.3. The largest absolute Gasteiger partial charge is 0.495 e. The molecule has 0 unspecified atom stereocenters. The van der Waals surface area contributed by atoms with Gasteiger partial charge in [0.1, 0.15) is 11.5 Å². The summed E-state index contributed by atoms with van der Waals surface area (Å²) in [4.78, 5) is 12.3. The fourth-order valence-electron chi connectivity index (χ4n) is 2.48. The molecule has 150 valence electrons. The lowest BCUT2D eigenvalue weighted by atomic mass is 10.2. The van der Waals surface area contributed by atoms with E-state index in [4.69, 9.17) is 30.5 Å². The second kappa shape index (κ2) is 10.5. The van der Waals surface area contributed by atoms with E-state index >= 15 is 0 Å². The van der Waals surface area contributed by atoms with Crippen LogP contribution in [-0.2, 0) is 4.79 Å². The molecule has 2 rings (SSSR count). The number of hydrogen-bond donors (Lipinski definition) is 1. The van der Waals surface area contributed by atoms with Crippen molar-refractivity contribution in [2.24, 2.45) is 0 Å². The van der Waals surface area contributed by atoms with Gasteiger partial charge in [0.05, 0.1) is 38.1 Å². The number of anilines is 1. The van der Waals surface area contributed by atoms with Crippen LogP contribution in [0.4, 0.5) is 5.69 Å². The first-order valence-corrected chi connectivity index (χ1v) is 9.20. The van der Waals surface area contributed by atoms with Gasteiger partial charge in [0.2, 0.25) is 5.91 Å². The standard InChI is InChI=1S/C21H24ClNO5/c1-5-27-17-9-7-14(11-20(17)28-6-2)8-10-21(24)23-16-13-18(25-3)15(22)12-19(16)26-4/h7-13H,5-6H2,1-4H3,(H,23,24). The Morgan fingerprint density at radius 2 is 1.64 bits per heavy atom. The van der Waals surface area contributed by atoms with Gasteiger partial charge < -0.3 is 24.3 Å². The number of hydrogen-bond acceptors (Lipinski definition) is 5. The van der Waals surface area contributed by atoms with Gasteiger partial charge in [-0.15, -0.1) is 0 Å². The van der Waals surface area contributed by atoms with E-state index in [-0.39, 0.29) is 5.91 Å².